The summed E-state index contributed by atoms with van der Waals surface area (Å²) in [5, 5.41) is 17.3. The van der Waals surface area contributed by atoms with Crippen molar-refractivity contribution in [1.82, 2.24) is 20.5 Å². The van der Waals surface area contributed by atoms with E-state index in [0.717, 1.165) is 5.69 Å². The van der Waals surface area contributed by atoms with Crippen LogP contribution in [-0.4, -0.2) is 53.7 Å². The molecule has 1 aliphatic heterocycles. The molecule has 3 aromatic rings. The first-order chi connectivity index (χ1) is 16.1. The lowest BCUT2D eigenvalue weighted by molar-refractivity contribution is -0.126. The summed E-state index contributed by atoms with van der Waals surface area (Å²) in [5.41, 5.74) is 0.732. The SMILES string of the molecule is COc1cccc(N2C[C@@H](C(=O)NCCNc3ccc(Nc4ccccn4)nn3)CC2=O)c1. The van der Waals surface area contributed by atoms with Gasteiger partial charge in [0.1, 0.15) is 17.4 Å². The van der Waals surface area contributed by atoms with Gasteiger partial charge in [-0.2, -0.15) is 0 Å². The first-order valence-corrected chi connectivity index (χ1v) is 10.6. The molecule has 2 amide bonds. The molecule has 1 aliphatic rings. The van der Waals surface area contributed by atoms with E-state index in [2.05, 4.69) is 31.1 Å². The lowest BCUT2D eigenvalue weighted by Crippen LogP contribution is -2.35. The van der Waals surface area contributed by atoms with Gasteiger partial charge in [-0.25, -0.2) is 4.98 Å². The van der Waals surface area contributed by atoms with E-state index >= 15 is 0 Å². The van der Waals surface area contributed by atoms with Crippen LogP contribution in [0.1, 0.15) is 6.42 Å². The monoisotopic (exact) mass is 447 g/mol. The molecular formula is C23H25N7O3. The Morgan fingerprint density at radius 3 is 2.67 bits per heavy atom. The maximum Gasteiger partial charge on any atom is 0.227 e. The highest BCUT2D eigenvalue weighted by atomic mass is 16.5. The Morgan fingerprint density at radius 2 is 1.91 bits per heavy atom. The largest absolute Gasteiger partial charge is 0.497 e. The number of aromatic nitrogens is 3. The second kappa shape index (κ2) is 10.4. The molecule has 0 saturated carbocycles. The van der Waals surface area contributed by atoms with Crippen molar-refractivity contribution < 1.29 is 14.3 Å². The minimum atomic E-state index is -0.388. The molecule has 0 spiro atoms. The van der Waals surface area contributed by atoms with Crippen molar-refractivity contribution in [2.45, 2.75) is 6.42 Å². The van der Waals surface area contributed by atoms with Crippen molar-refractivity contribution in [2.24, 2.45) is 5.92 Å². The molecule has 10 nitrogen and oxygen atoms in total. The van der Waals surface area contributed by atoms with Crippen LogP contribution < -0.4 is 25.6 Å². The molecule has 3 heterocycles. The summed E-state index contributed by atoms with van der Waals surface area (Å²) >= 11 is 0. The number of hydrogen-bond donors (Lipinski definition) is 3. The number of anilines is 4. The van der Waals surface area contributed by atoms with Crippen LogP contribution in [0.2, 0.25) is 0 Å². The third-order valence-electron chi connectivity index (χ3n) is 5.18. The maximum atomic E-state index is 12.5. The molecule has 2 aromatic heterocycles. The van der Waals surface area contributed by atoms with Crippen molar-refractivity contribution in [3.05, 3.63) is 60.8 Å². The van der Waals surface area contributed by atoms with E-state index < -0.39 is 0 Å². The van der Waals surface area contributed by atoms with Gasteiger partial charge in [-0.15, -0.1) is 10.2 Å². The van der Waals surface area contributed by atoms with Crippen LogP contribution in [0.15, 0.2) is 60.8 Å². The fraction of sp³-hybridized carbons (Fsp3) is 0.261. The van der Waals surface area contributed by atoms with Crippen LogP contribution >= 0.6 is 0 Å². The van der Waals surface area contributed by atoms with E-state index in [0.29, 0.717) is 42.8 Å². The van der Waals surface area contributed by atoms with Crippen LogP contribution in [-0.2, 0) is 9.59 Å². The van der Waals surface area contributed by atoms with Gasteiger partial charge in [-0.3, -0.25) is 9.59 Å². The Morgan fingerprint density at radius 1 is 1.06 bits per heavy atom. The lowest BCUT2D eigenvalue weighted by Gasteiger charge is -2.17. The number of methoxy groups -OCH3 is 1. The summed E-state index contributed by atoms with van der Waals surface area (Å²) in [6, 6.07) is 16.4. The third-order valence-corrected chi connectivity index (χ3v) is 5.18. The second-order valence-corrected chi connectivity index (χ2v) is 7.47. The van der Waals surface area contributed by atoms with Crippen LogP contribution in [0.5, 0.6) is 5.75 Å². The topological polar surface area (TPSA) is 121 Å². The number of amides is 2. The summed E-state index contributed by atoms with van der Waals surface area (Å²) < 4.78 is 5.22. The maximum absolute atomic E-state index is 12.5. The number of ether oxygens (including phenoxy) is 1. The fourth-order valence-electron chi connectivity index (χ4n) is 3.49. The normalized spacial score (nSPS) is 15.2. The van der Waals surface area contributed by atoms with Gasteiger partial charge in [0.15, 0.2) is 5.82 Å². The smallest absolute Gasteiger partial charge is 0.227 e. The van der Waals surface area contributed by atoms with Gasteiger partial charge in [-0.05, 0) is 36.4 Å². The lowest BCUT2D eigenvalue weighted by atomic mass is 10.1. The predicted octanol–water partition coefficient (Wildman–Crippen LogP) is 2.20. The molecule has 3 N–H and O–H groups in total. The molecule has 1 aromatic carbocycles. The number of nitrogens with one attached hydrogen (secondary N) is 3. The Hall–Kier alpha value is -4.21. The van der Waals surface area contributed by atoms with Gasteiger partial charge in [0.2, 0.25) is 11.8 Å². The van der Waals surface area contributed by atoms with Crippen LogP contribution in [0.3, 0.4) is 0 Å². The summed E-state index contributed by atoms with van der Waals surface area (Å²) in [6.07, 6.45) is 1.88. The molecule has 1 atom stereocenters. The first kappa shape index (κ1) is 22.0. The number of pyridine rings is 1. The van der Waals surface area contributed by atoms with E-state index in [9.17, 15) is 9.59 Å². The molecule has 170 valence electrons. The zero-order valence-electron chi connectivity index (χ0n) is 18.2. The van der Waals surface area contributed by atoms with Crippen LogP contribution in [0, 0.1) is 5.92 Å². The second-order valence-electron chi connectivity index (χ2n) is 7.47. The van der Waals surface area contributed by atoms with Gasteiger partial charge in [-0.1, -0.05) is 12.1 Å². The number of carbonyl (C=O) groups excluding carboxylic acids is 2. The summed E-state index contributed by atoms with van der Waals surface area (Å²) in [4.78, 5) is 30.8. The zero-order valence-corrected chi connectivity index (χ0v) is 18.2. The highest BCUT2D eigenvalue weighted by molar-refractivity contribution is 6.00. The predicted molar refractivity (Wildman–Crippen MR) is 125 cm³/mol. The highest BCUT2D eigenvalue weighted by Crippen LogP contribution is 2.27. The standard InChI is InChI=1S/C23H25N7O3/c1-33-18-6-4-5-17(14-18)30-15-16(13-22(30)31)23(32)26-12-11-25-20-8-9-21(29-28-20)27-19-7-2-3-10-24-19/h2-10,14,16H,11-13,15H2,1H3,(H,25,28)(H,26,32)(H,24,27,29)/t16-/m0/s1. The molecule has 33 heavy (non-hydrogen) atoms. The minimum absolute atomic E-state index is 0.0730. The molecule has 1 saturated heterocycles. The number of rotatable bonds is 9. The van der Waals surface area contributed by atoms with Crippen LogP contribution in [0.25, 0.3) is 0 Å². The molecule has 4 rings (SSSR count). The van der Waals surface area contributed by atoms with Crippen molar-refractivity contribution >= 4 is 35.0 Å². The van der Waals surface area contributed by atoms with Gasteiger partial charge >= 0.3 is 0 Å². The molecule has 10 heteroatoms. The average Bonchev–Trinajstić information content (AvgIpc) is 3.25. The van der Waals surface area contributed by atoms with Crippen molar-refractivity contribution in [2.75, 3.05) is 42.3 Å². The van der Waals surface area contributed by atoms with Crippen molar-refractivity contribution in [3.63, 3.8) is 0 Å². The van der Waals surface area contributed by atoms with E-state index in [1.165, 1.54) is 0 Å². The summed E-state index contributed by atoms with van der Waals surface area (Å²) in [6.45, 7) is 1.23. The van der Waals surface area contributed by atoms with Crippen molar-refractivity contribution in [3.8, 4) is 5.75 Å². The van der Waals surface area contributed by atoms with Gasteiger partial charge in [0.05, 0.1) is 13.0 Å². The van der Waals surface area contributed by atoms with E-state index in [1.807, 2.05) is 36.4 Å². The highest BCUT2D eigenvalue weighted by Gasteiger charge is 2.35. The van der Waals surface area contributed by atoms with E-state index in [1.54, 1.807) is 36.4 Å². The van der Waals surface area contributed by atoms with Gasteiger partial charge in [0, 0.05) is 44.0 Å². The molecule has 0 radical (unpaired) electrons. The number of nitrogens with zero attached hydrogens (tertiary/aromatic N) is 4. The molecular weight excluding hydrogens is 422 g/mol. The Bertz CT molecular complexity index is 1090. The molecule has 0 unspecified atom stereocenters. The van der Waals surface area contributed by atoms with E-state index in [-0.39, 0.29) is 24.2 Å². The van der Waals surface area contributed by atoms with E-state index in [4.69, 9.17) is 4.74 Å². The minimum Gasteiger partial charge on any atom is -0.497 e. The number of hydrogen-bond acceptors (Lipinski definition) is 8. The zero-order chi connectivity index (χ0) is 23.0. The molecule has 1 fully saturated rings. The first-order valence-electron chi connectivity index (χ1n) is 10.6. The van der Waals surface area contributed by atoms with Crippen molar-refractivity contribution in [1.29, 1.82) is 0 Å². The molecule has 0 bridgehead atoms. The number of benzene rings is 1. The summed E-state index contributed by atoms with van der Waals surface area (Å²) in [7, 11) is 1.58. The van der Waals surface area contributed by atoms with Crippen LogP contribution in [0.4, 0.5) is 23.1 Å². The third kappa shape index (κ3) is 5.73. The summed E-state index contributed by atoms with van der Waals surface area (Å²) in [5.74, 6) is 1.93. The Kier molecular flexibility index (Phi) is 6.93. The average molecular weight is 447 g/mol. The quantitative estimate of drug-likeness (QED) is 0.427. The van der Waals surface area contributed by atoms with Gasteiger partial charge in [0.25, 0.3) is 0 Å². The van der Waals surface area contributed by atoms with Gasteiger partial charge < -0.3 is 25.6 Å². The Labute approximate surface area is 191 Å². The molecule has 0 aliphatic carbocycles. The Balaban J connectivity index is 1.21. The fourth-order valence-corrected chi connectivity index (χ4v) is 3.49. The number of carbonyl (C=O) groups is 2.